The Morgan fingerprint density at radius 1 is 0.967 bits per heavy atom. The van der Waals surface area contributed by atoms with Crippen molar-refractivity contribution >= 4 is 34.8 Å². The molecule has 0 aliphatic heterocycles. The monoisotopic (exact) mass is 438 g/mol. The van der Waals surface area contributed by atoms with Crippen LogP contribution in [0.3, 0.4) is 0 Å². The predicted octanol–water partition coefficient (Wildman–Crippen LogP) is 5.50. The summed E-state index contributed by atoms with van der Waals surface area (Å²) in [5.41, 5.74) is 1.96. The van der Waals surface area contributed by atoms with Crippen LogP contribution in [-0.4, -0.2) is 27.8 Å². The highest BCUT2D eigenvalue weighted by molar-refractivity contribution is 6.31. The van der Waals surface area contributed by atoms with Gasteiger partial charge < -0.3 is 10.1 Å². The first kappa shape index (κ1) is 19.9. The number of para-hydroxylation sites is 2. The van der Waals surface area contributed by atoms with Crippen molar-refractivity contribution in [2.75, 3.05) is 12.4 Å². The maximum Gasteiger partial charge on any atom is 0.295 e. The largest absolute Gasteiger partial charge is 0.495 e. The second-order valence-corrected chi connectivity index (χ2v) is 7.18. The lowest BCUT2D eigenvalue weighted by Crippen LogP contribution is -2.14. The van der Waals surface area contributed by atoms with Gasteiger partial charge in [0.1, 0.15) is 5.75 Å². The minimum absolute atomic E-state index is 0.00540. The Bertz CT molecular complexity index is 1210. The molecule has 8 heteroatoms. The van der Waals surface area contributed by atoms with Crippen LogP contribution in [-0.2, 0) is 0 Å². The lowest BCUT2D eigenvalue weighted by molar-refractivity contribution is 0.101. The molecule has 0 aliphatic carbocycles. The SMILES string of the molecule is COc1ccccc1NC(=O)c1nc(-c2cccc(Cl)c2)n(-c2ccc(Cl)cc2)n1. The maximum absolute atomic E-state index is 12.9. The zero-order chi connectivity index (χ0) is 21.1. The van der Waals surface area contributed by atoms with Gasteiger partial charge in [0.2, 0.25) is 5.82 Å². The first-order valence-electron chi connectivity index (χ1n) is 8.98. The van der Waals surface area contributed by atoms with E-state index in [0.29, 0.717) is 33.0 Å². The first-order valence-corrected chi connectivity index (χ1v) is 9.74. The number of aromatic nitrogens is 3. The van der Waals surface area contributed by atoms with Crippen LogP contribution in [0.25, 0.3) is 17.1 Å². The third-order valence-corrected chi connectivity index (χ3v) is 4.81. The number of hydrogen-bond acceptors (Lipinski definition) is 4. The normalized spacial score (nSPS) is 10.6. The van der Waals surface area contributed by atoms with Crippen LogP contribution < -0.4 is 10.1 Å². The van der Waals surface area contributed by atoms with Crippen molar-refractivity contribution in [2.45, 2.75) is 0 Å². The molecule has 4 rings (SSSR count). The average molecular weight is 439 g/mol. The highest BCUT2D eigenvalue weighted by Crippen LogP contribution is 2.26. The summed E-state index contributed by atoms with van der Waals surface area (Å²) in [5.74, 6) is 0.560. The number of methoxy groups -OCH3 is 1. The molecule has 150 valence electrons. The van der Waals surface area contributed by atoms with Crippen molar-refractivity contribution in [2.24, 2.45) is 0 Å². The van der Waals surface area contributed by atoms with Gasteiger partial charge in [0.05, 0.1) is 18.5 Å². The van der Waals surface area contributed by atoms with Crippen LogP contribution in [0.2, 0.25) is 10.0 Å². The van der Waals surface area contributed by atoms with Crippen molar-refractivity contribution in [3.05, 3.63) is 88.7 Å². The molecule has 0 unspecified atom stereocenters. The number of halogens is 2. The molecule has 0 saturated heterocycles. The number of benzene rings is 3. The molecule has 1 amide bonds. The number of hydrogen-bond donors (Lipinski definition) is 1. The predicted molar refractivity (Wildman–Crippen MR) is 118 cm³/mol. The van der Waals surface area contributed by atoms with Gasteiger partial charge in [-0.15, -0.1) is 5.10 Å². The Morgan fingerprint density at radius 2 is 1.73 bits per heavy atom. The fourth-order valence-corrected chi connectivity index (χ4v) is 3.23. The molecule has 0 bridgehead atoms. The molecule has 1 aromatic heterocycles. The topological polar surface area (TPSA) is 69.0 Å². The summed E-state index contributed by atoms with van der Waals surface area (Å²) in [5, 5.41) is 8.38. The van der Waals surface area contributed by atoms with Gasteiger partial charge in [-0.25, -0.2) is 9.67 Å². The third-order valence-electron chi connectivity index (χ3n) is 4.32. The van der Waals surface area contributed by atoms with E-state index < -0.39 is 5.91 Å². The van der Waals surface area contributed by atoms with Crippen LogP contribution in [0, 0.1) is 0 Å². The van der Waals surface area contributed by atoms with Gasteiger partial charge >= 0.3 is 0 Å². The molecule has 0 atom stereocenters. The van der Waals surface area contributed by atoms with Crippen LogP contribution in [0.5, 0.6) is 5.75 Å². The van der Waals surface area contributed by atoms with Crippen LogP contribution >= 0.6 is 23.2 Å². The van der Waals surface area contributed by atoms with Gasteiger partial charge in [0.25, 0.3) is 5.91 Å². The Morgan fingerprint density at radius 3 is 2.47 bits per heavy atom. The summed E-state index contributed by atoms with van der Waals surface area (Å²) in [6.07, 6.45) is 0. The lowest BCUT2D eigenvalue weighted by Gasteiger charge is -2.08. The summed E-state index contributed by atoms with van der Waals surface area (Å²) in [6, 6.07) is 21.4. The molecular formula is C22H16Cl2N4O2. The molecule has 6 nitrogen and oxygen atoms in total. The van der Waals surface area contributed by atoms with Crippen molar-refractivity contribution < 1.29 is 9.53 Å². The van der Waals surface area contributed by atoms with Gasteiger partial charge in [0, 0.05) is 15.6 Å². The molecule has 30 heavy (non-hydrogen) atoms. The number of nitrogens with one attached hydrogen (secondary N) is 1. The standard InChI is InChI=1S/C22H16Cl2N4O2/c1-30-19-8-3-2-7-18(19)25-22(29)20-26-21(14-5-4-6-16(24)13-14)28(27-20)17-11-9-15(23)10-12-17/h2-13H,1H3,(H,25,29). The van der Waals surface area contributed by atoms with Crippen molar-refractivity contribution in [3.8, 4) is 22.8 Å². The van der Waals surface area contributed by atoms with Gasteiger partial charge in [-0.1, -0.05) is 47.5 Å². The minimum atomic E-state index is -0.463. The van der Waals surface area contributed by atoms with E-state index >= 15 is 0 Å². The Hall–Kier alpha value is -3.35. The average Bonchev–Trinajstić information content (AvgIpc) is 3.20. The van der Waals surface area contributed by atoms with Crippen LogP contribution in [0.1, 0.15) is 10.6 Å². The molecule has 1 heterocycles. The number of carbonyl (C=O) groups excluding carboxylic acids is 1. The van der Waals surface area contributed by atoms with Crippen molar-refractivity contribution in [1.82, 2.24) is 14.8 Å². The number of rotatable bonds is 5. The Labute approximate surface area is 183 Å². The van der Waals surface area contributed by atoms with E-state index in [1.165, 1.54) is 7.11 Å². The maximum atomic E-state index is 12.9. The first-order chi connectivity index (χ1) is 14.5. The highest BCUT2D eigenvalue weighted by atomic mass is 35.5. The fraction of sp³-hybridized carbons (Fsp3) is 0.0455. The molecule has 0 aliphatic rings. The Kier molecular flexibility index (Phi) is 5.70. The van der Waals surface area contributed by atoms with Crippen molar-refractivity contribution in [3.63, 3.8) is 0 Å². The summed E-state index contributed by atoms with van der Waals surface area (Å²) < 4.78 is 6.87. The van der Waals surface area contributed by atoms with E-state index in [9.17, 15) is 4.79 Å². The molecule has 4 aromatic rings. The zero-order valence-electron chi connectivity index (χ0n) is 15.8. The van der Waals surface area contributed by atoms with Gasteiger partial charge in [-0.2, -0.15) is 0 Å². The summed E-state index contributed by atoms with van der Waals surface area (Å²) in [6.45, 7) is 0. The fourth-order valence-electron chi connectivity index (χ4n) is 2.91. The molecule has 0 saturated carbocycles. The molecule has 0 fully saturated rings. The number of nitrogens with zero attached hydrogens (tertiary/aromatic N) is 3. The van der Waals surface area contributed by atoms with Crippen LogP contribution in [0.4, 0.5) is 5.69 Å². The molecule has 3 aromatic carbocycles. The molecular weight excluding hydrogens is 423 g/mol. The van der Waals surface area contributed by atoms with E-state index in [1.54, 1.807) is 59.3 Å². The van der Waals surface area contributed by atoms with Gasteiger partial charge in [-0.05, 0) is 48.5 Å². The highest BCUT2D eigenvalue weighted by Gasteiger charge is 2.20. The number of anilines is 1. The zero-order valence-corrected chi connectivity index (χ0v) is 17.4. The van der Waals surface area contributed by atoms with E-state index in [2.05, 4.69) is 15.4 Å². The lowest BCUT2D eigenvalue weighted by atomic mass is 10.2. The van der Waals surface area contributed by atoms with Gasteiger partial charge in [0.15, 0.2) is 5.82 Å². The molecule has 0 spiro atoms. The van der Waals surface area contributed by atoms with Gasteiger partial charge in [-0.3, -0.25) is 4.79 Å². The minimum Gasteiger partial charge on any atom is -0.495 e. The number of amides is 1. The number of ether oxygens (including phenoxy) is 1. The number of carbonyl (C=O) groups is 1. The van der Waals surface area contributed by atoms with Crippen molar-refractivity contribution in [1.29, 1.82) is 0 Å². The molecule has 0 radical (unpaired) electrons. The second-order valence-electron chi connectivity index (χ2n) is 6.31. The summed E-state index contributed by atoms with van der Waals surface area (Å²) in [7, 11) is 1.54. The Balaban J connectivity index is 1.76. The van der Waals surface area contributed by atoms with E-state index in [0.717, 1.165) is 5.56 Å². The quantitative estimate of drug-likeness (QED) is 0.446. The second kappa shape index (κ2) is 8.57. The third kappa shape index (κ3) is 4.15. The smallest absolute Gasteiger partial charge is 0.295 e. The van der Waals surface area contributed by atoms with Crippen LogP contribution in [0.15, 0.2) is 72.8 Å². The summed E-state index contributed by atoms with van der Waals surface area (Å²) in [4.78, 5) is 17.4. The molecule has 1 N–H and O–H groups in total. The van der Waals surface area contributed by atoms with E-state index in [-0.39, 0.29) is 5.82 Å². The van der Waals surface area contributed by atoms with E-state index in [4.69, 9.17) is 27.9 Å². The summed E-state index contributed by atoms with van der Waals surface area (Å²) >= 11 is 12.2. The van der Waals surface area contributed by atoms with E-state index in [1.807, 2.05) is 18.2 Å².